The van der Waals surface area contributed by atoms with Crippen LogP contribution >= 0.6 is 0 Å². The predicted molar refractivity (Wildman–Crippen MR) is 51.3 cm³/mol. The van der Waals surface area contributed by atoms with E-state index >= 15 is 0 Å². The summed E-state index contributed by atoms with van der Waals surface area (Å²) < 4.78 is 0. The van der Waals surface area contributed by atoms with Crippen LogP contribution < -0.4 is 5.32 Å². The van der Waals surface area contributed by atoms with Gasteiger partial charge in [-0.2, -0.15) is 0 Å². The fourth-order valence-corrected chi connectivity index (χ4v) is 1.77. The van der Waals surface area contributed by atoms with Crippen molar-refractivity contribution in [1.82, 2.24) is 10.2 Å². The van der Waals surface area contributed by atoms with Gasteiger partial charge < -0.3 is 10.2 Å². The summed E-state index contributed by atoms with van der Waals surface area (Å²) in [5, 5.41) is 3.15. The maximum Gasteiger partial charge on any atom is 0.249 e. The van der Waals surface area contributed by atoms with E-state index < -0.39 is 0 Å². The molecule has 2 rings (SSSR count). The van der Waals surface area contributed by atoms with Gasteiger partial charge >= 0.3 is 0 Å². The molecule has 0 atom stereocenters. The predicted octanol–water partition coefficient (Wildman–Crippen LogP) is 0.384. The minimum Gasteiger partial charge on any atom is -0.338 e. The quantitative estimate of drug-likeness (QED) is 0.592. The summed E-state index contributed by atoms with van der Waals surface area (Å²) in [6, 6.07) is 0. The minimum absolute atomic E-state index is 0.245. The highest BCUT2D eigenvalue weighted by Crippen LogP contribution is 2.19. The summed E-state index contributed by atoms with van der Waals surface area (Å²) >= 11 is 0. The number of carbonyl (C=O) groups is 1. The molecule has 1 amide bonds. The summed E-state index contributed by atoms with van der Waals surface area (Å²) in [4.78, 5) is 13.7. The van der Waals surface area contributed by atoms with E-state index in [1.165, 1.54) is 5.57 Å². The lowest BCUT2D eigenvalue weighted by atomic mass is 9.98. The maximum absolute atomic E-state index is 11.7. The van der Waals surface area contributed by atoms with Crippen LogP contribution in [0.15, 0.2) is 11.1 Å². The monoisotopic (exact) mass is 180 g/mol. The van der Waals surface area contributed by atoms with Gasteiger partial charge in [0.1, 0.15) is 0 Å². The van der Waals surface area contributed by atoms with Crippen molar-refractivity contribution >= 4 is 5.91 Å². The second-order valence-electron chi connectivity index (χ2n) is 4.15. The van der Waals surface area contributed by atoms with Gasteiger partial charge in [0.25, 0.3) is 0 Å². The van der Waals surface area contributed by atoms with Crippen molar-refractivity contribution in [2.45, 2.75) is 13.8 Å². The highest BCUT2D eigenvalue weighted by atomic mass is 16.2. The molecular formula is C10H16N2O. The fourth-order valence-electron chi connectivity index (χ4n) is 1.77. The van der Waals surface area contributed by atoms with Crippen LogP contribution in [0.4, 0.5) is 0 Å². The number of hydrogen-bond donors (Lipinski definition) is 1. The number of nitrogens with zero attached hydrogens (tertiary/aromatic N) is 1. The molecule has 0 aromatic rings. The molecule has 2 aliphatic rings. The molecule has 0 aromatic carbocycles. The number of amides is 1. The van der Waals surface area contributed by atoms with Crippen LogP contribution in [0.5, 0.6) is 0 Å². The first kappa shape index (κ1) is 8.75. The standard InChI is InChI=1S/C10H16N2O/c1-7-5-12(6-7)10(13)8(2)9-3-11-4-9/h7,11H,3-6H2,1-2H3. The molecule has 2 heterocycles. The van der Waals surface area contributed by atoms with Crippen molar-refractivity contribution in [1.29, 1.82) is 0 Å². The van der Waals surface area contributed by atoms with Crippen LogP contribution in [0, 0.1) is 5.92 Å². The largest absolute Gasteiger partial charge is 0.338 e. The Bertz CT molecular complexity index is 258. The van der Waals surface area contributed by atoms with E-state index in [9.17, 15) is 4.79 Å². The van der Waals surface area contributed by atoms with Crippen LogP contribution in [0.3, 0.4) is 0 Å². The van der Waals surface area contributed by atoms with Crippen LogP contribution in [0.1, 0.15) is 13.8 Å². The zero-order valence-corrected chi connectivity index (χ0v) is 8.26. The van der Waals surface area contributed by atoms with Crippen molar-refractivity contribution in [3.63, 3.8) is 0 Å². The molecule has 1 N–H and O–H groups in total. The number of carbonyl (C=O) groups excluding carboxylic acids is 1. The van der Waals surface area contributed by atoms with Gasteiger partial charge in [-0.25, -0.2) is 0 Å². The molecule has 2 fully saturated rings. The van der Waals surface area contributed by atoms with E-state index in [2.05, 4.69) is 12.2 Å². The summed E-state index contributed by atoms with van der Waals surface area (Å²) in [5.74, 6) is 0.941. The van der Waals surface area contributed by atoms with Gasteiger partial charge in [0.05, 0.1) is 0 Å². The second kappa shape index (κ2) is 3.14. The average molecular weight is 180 g/mol. The Balaban J connectivity index is 1.97. The fraction of sp³-hybridized carbons (Fsp3) is 0.700. The summed E-state index contributed by atoms with van der Waals surface area (Å²) in [6.07, 6.45) is 0. The van der Waals surface area contributed by atoms with Crippen molar-refractivity contribution in [3.05, 3.63) is 11.1 Å². The Morgan fingerprint density at radius 1 is 1.46 bits per heavy atom. The highest BCUT2D eigenvalue weighted by molar-refractivity contribution is 5.94. The summed E-state index contributed by atoms with van der Waals surface area (Å²) in [6.45, 7) is 7.81. The lowest BCUT2D eigenvalue weighted by molar-refractivity contribution is -0.132. The van der Waals surface area contributed by atoms with Crippen molar-refractivity contribution in [2.24, 2.45) is 5.92 Å². The minimum atomic E-state index is 0.245. The molecule has 3 heteroatoms. The molecule has 0 spiro atoms. The van der Waals surface area contributed by atoms with E-state index in [4.69, 9.17) is 0 Å². The molecule has 0 saturated carbocycles. The Kier molecular flexibility index (Phi) is 2.12. The molecule has 13 heavy (non-hydrogen) atoms. The van der Waals surface area contributed by atoms with Crippen molar-refractivity contribution in [2.75, 3.05) is 26.2 Å². The van der Waals surface area contributed by atoms with Gasteiger partial charge in [0.2, 0.25) is 5.91 Å². The third kappa shape index (κ3) is 1.48. The second-order valence-corrected chi connectivity index (χ2v) is 4.15. The normalized spacial score (nSPS) is 22.3. The van der Waals surface area contributed by atoms with Gasteiger partial charge in [0, 0.05) is 31.8 Å². The topological polar surface area (TPSA) is 32.3 Å². The smallest absolute Gasteiger partial charge is 0.249 e. The summed E-state index contributed by atoms with van der Waals surface area (Å²) in [7, 11) is 0. The lowest BCUT2D eigenvalue weighted by Gasteiger charge is -2.38. The van der Waals surface area contributed by atoms with E-state index in [0.717, 1.165) is 31.8 Å². The van der Waals surface area contributed by atoms with Gasteiger partial charge in [-0.1, -0.05) is 6.92 Å². The number of hydrogen-bond acceptors (Lipinski definition) is 2. The van der Waals surface area contributed by atoms with E-state index in [1.54, 1.807) is 0 Å². The molecular weight excluding hydrogens is 164 g/mol. The number of likely N-dealkylation sites (tertiary alicyclic amines) is 1. The molecule has 0 aliphatic carbocycles. The van der Waals surface area contributed by atoms with Crippen molar-refractivity contribution in [3.8, 4) is 0 Å². The molecule has 2 saturated heterocycles. The number of nitrogens with one attached hydrogen (secondary N) is 1. The van der Waals surface area contributed by atoms with Crippen LogP contribution in [-0.4, -0.2) is 37.0 Å². The first-order valence-electron chi connectivity index (χ1n) is 4.87. The molecule has 0 aromatic heterocycles. The Hall–Kier alpha value is -0.830. The average Bonchev–Trinajstić information content (AvgIpc) is 1.94. The Morgan fingerprint density at radius 3 is 2.46 bits per heavy atom. The molecule has 0 unspecified atom stereocenters. The van der Waals surface area contributed by atoms with Gasteiger partial charge in [-0.3, -0.25) is 4.79 Å². The van der Waals surface area contributed by atoms with Gasteiger partial charge in [-0.15, -0.1) is 0 Å². The zero-order valence-electron chi connectivity index (χ0n) is 8.26. The first-order chi connectivity index (χ1) is 6.18. The SMILES string of the molecule is CC(C(=O)N1CC(C)C1)=C1CNC1. The highest BCUT2D eigenvalue weighted by Gasteiger charge is 2.29. The maximum atomic E-state index is 11.7. The first-order valence-corrected chi connectivity index (χ1v) is 4.87. The number of rotatable bonds is 1. The van der Waals surface area contributed by atoms with Crippen molar-refractivity contribution < 1.29 is 4.79 Å². The summed E-state index contributed by atoms with van der Waals surface area (Å²) in [5.41, 5.74) is 2.25. The lowest BCUT2D eigenvalue weighted by Crippen LogP contribution is -2.50. The van der Waals surface area contributed by atoms with E-state index in [1.807, 2.05) is 11.8 Å². The van der Waals surface area contributed by atoms with E-state index in [0.29, 0.717) is 5.92 Å². The van der Waals surface area contributed by atoms with Crippen LogP contribution in [-0.2, 0) is 4.79 Å². The molecule has 0 radical (unpaired) electrons. The van der Waals surface area contributed by atoms with Crippen LogP contribution in [0.25, 0.3) is 0 Å². The molecule has 3 nitrogen and oxygen atoms in total. The Labute approximate surface area is 78.8 Å². The third-order valence-electron chi connectivity index (χ3n) is 2.88. The Morgan fingerprint density at radius 2 is 2.08 bits per heavy atom. The zero-order chi connectivity index (χ0) is 9.42. The molecule has 0 bridgehead atoms. The van der Waals surface area contributed by atoms with Gasteiger partial charge in [0.15, 0.2) is 0 Å². The third-order valence-corrected chi connectivity index (χ3v) is 2.88. The molecule has 2 aliphatic heterocycles. The van der Waals surface area contributed by atoms with Gasteiger partial charge in [-0.05, 0) is 18.4 Å². The molecule has 72 valence electrons. The van der Waals surface area contributed by atoms with E-state index in [-0.39, 0.29) is 5.91 Å². The van der Waals surface area contributed by atoms with Crippen LogP contribution in [0.2, 0.25) is 0 Å².